The fourth-order valence-electron chi connectivity index (χ4n) is 4.65. The first kappa shape index (κ1) is 22.4. The number of nitrogens with zero attached hydrogens (tertiary/aromatic N) is 1. The van der Waals surface area contributed by atoms with Gasteiger partial charge in [0.15, 0.2) is 0 Å². The molecule has 0 spiro atoms. The molecule has 30 heavy (non-hydrogen) atoms. The van der Waals surface area contributed by atoms with Gasteiger partial charge in [0, 0.05) is 25.6 Å². The van der Waals surface area contributed by atoms with Crippen LogP contribution in [0.5, 0.6) is 5.75 Å². The molecule has 1 saturated carbocycles. The Bertz CT molecular complexity index is 671. The Morgan fingerprint density at radius 2 is 1.70 bits per heavy atom. The molecular weight excluding hydrogens is 378 g/mol. The van der Waals surface area contributed by atoms with Crippen molar-refractivity contribution in [2.24, 2.45) is 0 Å². The molecule has 1 aromatic rings. The lowest BCUT2D eigenvalue weighted by atomic mass is 9.96. The van der Waals surface area contributed by atoms with Crippen LogP contribution in [0.25, 0.3) is 0 Å². The third kappa shape index (κ3) is 6.64. The molecule has 1 unspecified atom stereocenters. The highest BCUT2D eigenvalue weighted by Crippen LogP contribution is 2.31. The molecule has 1 aliphatic carbocycles. The van der Waals surface area contributed by atoms with E-state index in [0.717, 1.165) is 44.4 Å². The summed E-state index contributed by atoms with van der Waals surface area (Å²) in [6.07, 6.45) is 11.3. The van der Waals surface area contributed by atoms with Gasteiger partial charge in [0.2, 0.25) is 5.91 Å². The first-order valence-electron chi connectivity index (χ1n) is 11.6. The molecule has 2 N–H and O–H groups in total. The molecule has 0 bridgehead atoms. The van der Waals surface area contributed by atoms with E-state index >= 15 is 0 Å². The van der Waals surface area contributed by atoms with Crippen LogP contribution in [0.2, 0.25) is 0 Å². The van der Waals surface area contributed by atoms with Gasteiger partial charge < -0.3 is 20.3 Å². The monoisotopic (exact) mass is 415 g/mol. The third-order valence-corrected chi connectivity index (χ3v) is 6.37. The van der Waals surface area contributed by atoms with Crippen LogP contribution in [0.15, 0.2) is 24.3 Å². The summed E-state index contributed by atoms with van der Waals surface area (Å²) >= 11 is 0. The standard InChI is InChI=1S/C24H37N3O3/c1-30-21-15-13-19(14-16-21)22-11-6-3-7-18-27(22)23(28)12-8-17-25-24(29)26-20-9-4-2-5-10-20/h13-16,20,22H,2-12,17-18H2,1H3,(H2,25,26,29). The highest BCUT2D eigenvalue weighted by Gasteiger charge is 2.26. The molecule has 0 radical (unpaired) electrons. The maximum absolute atomic E-state index is 13.0. The topological polar surface area (TPSA) is 70.7 Å². The number of urea groups is 1. The van der Waals surface area contributed by atoms with Crippen molar-refractivity contribution in [1.29, 1.82) is 0 Å². The molecule has 1 saturated heterocycles. The van der Waals surface area contributed by atoms with Gasteiger partial charge in [-0.25, -0.2) is 4.79 Å². The number of nitrogens with one attached hydrogen (secondary N) is 2. The number of methoxy groups -OCH3 is 1. The van der Waals surface area contributed by atoms with Crippen LogP contribution in [0.3, 0.4) is 0 Å². The summed E-state index contributed by atoms with van der Waals surface area (Å²) in [5, 5.41) is 5.98. The zero-order valence-corrected chi connectivity index (χ0v) is 18.3. The fraction of sp³-hybridized carbons (Fsp3) is 0.667. The molecule has 166 valence electrons. The second kappa shape index (κ2) is 11.8. The number of carbonyl (C=O) groups is 2. The van der Waals surface area contributed by atoms with E-state index in [0.29, 0.717) is 25.4 Å². The smallest absolute Gasteiger partial charge is 0.315 e. The van der Waals surface area contributed by atoms with Gasteiger partial charge in [-0.15, -0.1) is 0 Å². The summed E-state index contributed by atoms with van der Waals surface area (Å²) in [5.41, 5.74) is 1.18. The molecule has 1 aliphatic heterocycles. The second-order valence-corrected chi connectivity index (χ2v) is 8.56. The highest BCUT2D eigenvalue weighted by molar-refractivity contribution is 5.77. The van der Waals surface area contributed by atoms with Crippen LogP contribution in [0, 0.1) is 0 Å². The highest BCUT2D eigenvalue weighted by atomic mass is 16.5. The molecule has 2 aliphatic rings. The molecule has 6 heteroatoms. The molecule has 1 heterocycles. The molecular formula is C24H37N3O3. The van der Waals surface area contributed by atoms with Crippen molar-refractivity contribution in [3.63, 3.8) is 0 Å². The number of amides is 3. The lowest BCUT2D eigenvalue weighted by Crippen LogP contribution is -2.43. The van der Waals surface area contributed by atoms with Crippen LogP contribution in [0.1, 0.15) is 82.2 Å². The van der Waals surface area contributed by atoms with Crippen LogP contribution in [0.4, 0.5) is 4.79 Å². The van der Waals surface area contributed by atoms with Crippen LogP contribution in [-0.2, 0) is 4.79 Å². The predicted molar refractivity (Wildman–Crippen MR) is 119 cm³/mol. The van der Waals surface area contributed by atoms with Crippen molar-refractivity contribution in [3.8, 4) is 5.75 Å². The third-order valence-electron chi connectivity index (χ3n) is 6.37. The Morgan fingerprint density at radius 3 is 2.43 bits per heavy atom. The Balaban J connectivity index is 1.46. The Kier molecular flexibility index (Phi) is 8.84. The van der Waals surface area contributed by atoms with Crippen molar-refractivity contribution in [3.05, 3.63) is 29.8 Å². The van der Waals surface area contributed by atoms with E-state index < -0.39 is 0 Å². The van der Waals surface area contributed by atoms with Crippen LogP contribution in [-0.4, -0.2) is 43.1 Å². The largest absolute Gasteiger partial charge is 0.497 e. The quantitative estimate of drug-likeness (QED) is 0.642. The van der Waals surface area contributed by atoms with E-state index in [9.17, 15) is 9.59 Å². The van der Waals surface area contributed by atoms with Gasteiger partial charge in [-0.05, 0) is 49.8 Å². The SMILES string of the molecule is COc1ccc(C2CCCCCN2C(=O)CCCNC(=O)NC2CCCCC2)cc1. The number of rotatable bonds is 7. The lowest BCUT2D eigenvalue weighted by Gasteiger charge is -2.31. The van der Waals surface area contributed by atoms with E-state index in [4.69, 9.17) is 4.74 Å². The minimum Gasteiger partial charge on any atom is -0.497 e. The molecule has 3 amide bonds. The van der Waals surface area contributed by atoms with Crippen LogP contribution < -0.4 is 15.4 Å². The summed E-state index contributed by atoms with van der Waals surface area (Å²) in [5.74, 6) is 1.02. The molecule has 3 rings (SSSR count). The van der Waals surface area contributed by atoms with Crippen LogP contribution >= 0.6 is 0 Å². The van der Waals surface area contributed by atoms with Gasteiger partial charge in [-0.3, -0.25) is 4.79 Å². The maximum Gasteiger partial charge on any atom is 0.315 e. The number of carbonyl (C=O) groups excluding carboxylic acids is 2. The summed E-state index contributed by atoms with van der Waals surface area (Å²) in [6.45, 7) is 1.34. The lowest BCUT2D eigenvalue weighted by molar-refractivity contribution is -0.133. The van der Waals surface area contributed by atoms with E-state index in [1.54, 1.807) is 7.11 Å². The average Bonchev–Trinajstić information content (AvgIpc) is 3.03. The summed E-state index contributed by atoms with van der Waals surface area (Å²) in [4.78, 5) is 27.1. The molecule has 2 fully saturated rings. The van der Waals surface area contributed by atoms with E-state index in [1.807, 2.05) is 12.1 Å². The summed E-state index contributed by atoms with van der Waals surface area (Å²) < 4.78 is 5.27. The first-order valence-corrected chi connectivity index (χ1v) is 11.6. The second-order valence-electron chi connectivity index (χ2n) is 8.56. The van der Waals surface area contributed by atoms with Gasteiger partial charge in [-0.1, -0.05) is 44.2 Å². The molecule has 1 aromatic carbocycles. The van der Waals surface area contributed by atoms with E-state index in [2.05, 4.69) is 27.7 Å². The van der Waals surface area contributed by atoms with E-state index in [1.165, 1.54) is 31.2 Å². The van der Waals surface area contributed by atoms with Gasteiger partial charge in [0.25, 0.3) is 0 Å². The van der Waals surface area contributed by atoms with Crippen molar-refractivity contribution in [1.82, 2.24) is 15.5 Å². The summed E-state index contributed by atoms with van der Waals surface area (Å²) in [6, 6.07) is 8.44. The van der Waals surface area contributed by atoms with Crippen molar-refractivity contribution in [2.75, 3.05) is 20.2 Å². The van der Waals surface area contributed by atoms with Crippen molar-refractivity contribution >= 4 is 11.9 Å². The number of benzene rings is 1. The number of hydrogen-bond donors (Lipinski definition) is 2. The van der Waals surface area contributed by atoms with E-state index in [-0.39, 0.29) is 18.0 Å². The minimum absolute atomic E-state index is 0.0970. The normalized spacial score (nSPS) is 20.3. The Morgan fingerprint density at radius 1 is 1.00 bits per heavy atom. The molecule has 1 atom stereocenters. The number of hydrogen-bond acceptors (Lipinski definition) is 3. The summed E-state index contributed by atoms with van der Waals surface area (Å²) in [7, 11) is 1.67. The Labute approximate surface area is 180 Å². The van der Waals surface area contributed by atoms with Crippen molar-refractivity contribution < 1.29 is 14.3 Å². The molecule has 6 nitrogen and oxygen atoms in total. The maximum atomic E-state index is 13.0. The average molecular weight is 416 g/mol. The minimum atomic E-state index is -0.0970. The van der Waals surface area contributed by atoms with Gasteiger partial charge in [0.1, 0.15) is 5.75 Å². The van der Waals surface area contributed by atoms with Gasteiger partial charge in [0.05, 0.1) is 13.2 Å². The Hall–Kier alpha value is -2.24. The van der Waals surface area contributed by atoms with Gasteiger partial charge >= 0.3 is 6.03 Å². The zero-order chi connectivity index (χ0) is 21.2. The predicted octanol–water partition coefficient (Wildman–Crippen LogP) is 4.55. The zero-order valence-electron chi connectivity index (χ0n) is 18.3. The van der Waals surface area contributed by atoms with Crippen molar-refractivity contribution in [2.45, 2.75) is 82.7 Å². The first-order chi connectivity index (χ1) is 14.7. The fourth-order valence-corrected chi connectivity index (χ4v) is 4.65. The number of ether oxygens (including phenoxy) is 1. The number of likely N-dealkylation sites (tertiary alicyclic amines) is 1. The van der Waals surface area contributed by atoms with Gasteiger partial charge in [-0.2, -0.15) is 0 Å². The molecule has 0 aromatic heterocycles.